The van der Waals surface area contributed by atoms with E-state index in [-0.39, 0.29) is 156 Å². The summed E-state index contributed by atoms with van der Waals surface area (Å²) < 4.78 is 0. The van der Waals surface area contributed by atoms with Crippen molar-refractivity contribution in [2.75, 3.05) is 118 Å². The van der Waals surface area contributed by atoms with Crippen molar-refractivity contribution < 1.29 is 95.9 Å². The Morgan fingerprint density at radius 2 is 0.504 bits per heavy atom. The zero-order chi connectivity index (χ0) is 92.7. The van der Waals surface area contributed by atoms with E-state index in [4.69, 9.17) is 40.1 Å². The second-order valence-electron chi connectivity index (χ2n) is 36.1. The molecule has 13 rings (SSSR count). The summed E-state index contributed by atoms with van der Waals surface area (Å²) in [4.78, 5) is 293. The summed E-state index contributed by atoms with van der Waals surface area (Å²) in [6.45, 7) is -1.37. The summed E-state index contributed by atoms with van der Waals surface area (Å²) in [5.74, 6) is -12.3. The fourth-order valence-electron chi connectivity index (χ4n) is 20.9. The summed E-state index contributed by atoms with van der Waals surface area (Å²) in [5.41, 5.74) is 44.0. The number of hydrogen-bond acceptors (Lipinski definition) is 26. The number of rotatable bonds is 28. The van der Waals surface area contributed by atoms with Gasteiger partial charge in [-0.15, -0.1) is 0 Å². The van der Waals surface area contributed by atoms with Crippen LogP contribution in [0.1, 0.15) is 128 Å². The Kier molecular flexibility index (Phi) is 30.5. The quantitative estimate of drug-likeness (QED) is 0.0370. The minimum atomic E-state index is -1.18. The Morgan fingerprint density at radius 3 is 0.721 bits per heavy atom. The Morgan fingerprint density at radius 1 is 0.295 bits per heavy atom. The van der Waals surface area contributed by atoms with E-state index in [9.17, 15) is 95.9 Å². The van der Waals surface area contributed by atoms with Gasteiger partial charge in [-0.1, -0.05) is 30.3 Å². The van der Waals surface area contributed by atoms with Gasteiger partial charge in [-0.3, -0.25) is 95.9 Å². The van der Waals surface area contributed by atoms with E-state index in [0.717, 1.165) is 5.56 Å². The highest BCUT2D eigenvalue weighted by atomic mass is 16.2. The standard InChI is InChI=1S/C83H122N26O20/c1-44(110)97-52(25-45-11-3-2-4-12-45)77(123)103-24-10-18-58(103)83(129)109-43-51(89)31-64(109)76(122)96-37-70(116)102-23-9-17-57(102)82(128)108-42-50(88)30-63(108)75(121)95-36-69(115)101-22-8-16-56(101)81(127)107-41-49(87)29-62(107)74(120)94-35-68(114)100-21-7-15-55(100)80(126)106-40-48(86)28-61(106)73(119)93-34-67(113)99-20-6-14-54(99)79(125)105-39-47(85)27-60(105)72(118)92-33-66(112)98-19-5-13-53(98)78(124)104-38-46(84)26-59(104)71(117)91-32-65(90)111/h2-4,11-12,46-64H,5-10,13-43,84-89H2,1H3,(H2,90,111)(H,91,117)(H,92,118)(H,93,119)(H,94,120)(H,95,121)(H,96,122)(H,97,110)/t46-,47-,48-,49-,50-,51-,52+,53+,54+,55+,56+,57+,58+,59+,60+,61+,62+,63+,64+/m1/s1. The Bertz CT molecular complexity index is 4530. The SMILES string of the molecule is CC(=O)N[C@@H](Cc1ccccc1)C(=O)N1CCC[C@H]1C(=O)N1C[C@H](N)C[C@H]1C(=O)NCC(=O)N1CCC[C@H]1C(=O)N1C[C@H](N)C[C@H]1C(=O)NCC(=O)N1CCC[C@H]1C(=O)N1C[C@H](N)C[C@H]1C(=O)NCC(=O)N1CCC[C@H]1C(=O)N1C[C@H](N)C[C@H]1C(=O)NCC(=O)N1CCC[C@H]1C(=O)N1C[C@H](N)C[C@H]1C(=O)NCC(=O)N1CCC[C@H]1C(=O)N1C[C@H](N)C[C@H]1C(=O)NCC(N)=O. The van der Waals surface area contributed by atoms with Crippen molar-refractivity contribution in [2.24, 2.45) is 40.1 Å². The van der Waals surface area contributed by atoms with Gasteiger partial charge in [-0.05, 0) is 121 Å². The molecule has 0 unspecified atom stereocenters. The molecule has 46 heteroatoms. The van der Waals surface area contributed by atoms with E-state index < -0.39 is 272 Å². The minimum Gasteiger partial charge on any atom is -0.368 e. The number of nitrogens with two attached hydrogens (primary N) is 7. The van der Waals surface area contributed by atoms with Crippen LogP contribution in [0.5, 0.6) is 0 Å². The van der Waals surface area contributed by atoms with Crippen molar-refractivity contribution in [3.63, 3.8) is 0 Å². The Labute approximate surface area is 744 Å². The van der Waals surface area contributed by atoms with E-state index in [1.807, 2.05) is 30.3 Å². The highest BCUT2D eigenvalue weighted by Crippen LogP contribution is 2.34. The van der Waals surface area contributed by atoms with Gasteiger partial charge >= 0.3 is 0 Å². The van der Waals surface area contributed by atoms with Crippen molar-refractivity contribution in [1.29, 1.82) is 0 Å². The molecule has 0 aromatic heterocycles. The summed E-state index contributed by atoms with van der Waals surface area (Å²) in [5, 5.41) is 18.2. The third kappa shape index (κ3) is 21.5. The van der Waals surface area contributed by atoms with Gasteiger partial charge in [0.2, 0.25) is 118 Å². The first-order valence-corrected chi connectivity index (χ1v) is 45.0. The van der Waals surface area contributed by atoms with Crippen LogP contribution in [0.3, 0.4) is 0 Å². The van der Waals surface area contributed by atoms with E-state index in [1.165, 1.54) is 65.7 Å². The van der Waals surface area contributed by atoms with Crippen LogP contribution in [0, 0.1) is 0 Å². The van der Waals surface area contributed by atoms with Crippen LogP contribution in [-0.2, 0) is 102 Å². The predicted molar refractivity (Wildman–Crippen MR) is 452 cm³/mol. The smallest absolute Gasteiger partial charge is 0.246 e. The highest BCUT2D eigenvalue weighted by Gasteiger charge is 2.53. The molecule has 19 atom stereocenters. The summed E-state index contributed by atoms with van der Waals surface area (Å²) in [6, 6.07) is -8.59. The lowest BCUT2D eigenvalue weighted by Crippen LogP contribution is -2.57. The van der Waals surface area contributed by atoms with Crippen LogP contribution in [-0.4, -0.2) is 410 Å². The second kappa shape index (κ2) is 41.4. The third-order valence-corrected chi connectivity index (χ3v) is 27.1. The molecule has 0 bridgehead atoms. The lowest BCUT2D eigenvalue weighted by molar-refractivity contribution is -0.148. The molecule has 704 valence electrons. The van der Waals surface area contributed by atoms with Crippen LogP contribution in [0.15, 0.2) is 30.3 Å². The van der Waals surface area contributed by atoms with Crippen molar-refractivity contribution in [1.82, 2.24) is 96.0 Å². The van der Waals surface area contributed by atoms with Crippen LogP contribution >= 0.6 is 0 Å². The lowest BCUT2D eigenvalue weighted by Gasteiger charge is -2.33. The third-order valence-electron chi connectivity index (χ3n) is 27.1. The van der Waals surface area contributed by atoms with E-state index in [1.54, 1.807) is 0 Å². The maximum Gasteiger partial charge on any atom is 0.246 e. The largest absolute Gasteiger partial charge is 0.368 e. The molecule has 0 radical (unpaired) electrons. The number of nitrogens with one attached hydrogen (secondary N) is 7. The first-order chi connectivity index (χ1) is 61.5. The number of primary amides is 1. The normalized spacial score (nSPS) is 29.2. The van der Waals surface area contributed by atoms with Gasteiger partial charge < -0.3 is 136 Å². The molecule has 20 amide bonds. The summed E-state index contributed by atoms with van der Waals surface area (Å²) in [6.07, 6.45) is 4.29. The first-order valence-electron chi connectivity index (χ1n) is 45.0. The molecule has 12 saturated heterocycles. The highest BCUT2D eigenvalue weighted by molar-refractivity contribution is 6.02. The van der Waals surface area contributed by atoms with Gasteiger partial charge in [0.1, 0.15) is 78.5 Å². The number of likely N-dealkylation sites (tertiary alicyclic amines) is 12. The maximum absolute atomic E-state index is 14.6. The first kappa shape index (κ1) is 95.0. The van der Waals surface area contributed by atoms with Crippen LogP contribution in [0.2, 0.25) is 0 Å². The van der Waals surface area contributed by atoms with Gasteiger partial charge in [-0.2, -0.15) is 0 Å². The number of benzene rings is 1. The molecule has 1 aromatic carbocycles. The molecule has 21 N–H and O–H groups in total. The minimum absolute atomic E-state index is 0.00445. The average Bonchev–Trinajstić information content (AvgIpc) is 1.65. The fraction of sp³-hybridized carbons (Fsp3) is 0.687. The monoisotopic (exact) mass is 1800 g/mol. The van der Waals surface area contributed by atoms with Gasteiger partial charge in [0.25, 0.3) is 0 Å². The fourth-order valence-corrected chi connectivity index (χ4v) is 20.9. The number of carbonyl (C=O) groups excluding carboxylic acids is 20. The molecule has 129 heavy (non-hydrogen) atoms. The van der Waals surface area contributed by atoms with Crippen LogP contribution in [0.4, 0.5) is 0 Å². The molecular formula is C83H122N26O20. The van der Waals surface area contributed by atoms with Gasteiger partial charge in [0.15, 0.2) is 0 Å². The van der Waals surface area contributed by atoms with Crippen LogP contribution in [0.25, 0.3) is 0 Å². The predicted octanol–water partition coefficient (Wildman–Crippen LogP) is -11.6. The Hall–Kier alpha value is -11.6. The zero-order valence-corrected chi connectivity index (χ0v) is 72.6. The molecule has 1 aromatic rings. The van der Waals surface area contributed by atoms with Crippen LogP contribution < -0.4 is 77.4 Å². The molecule has 0 spiro atoms. The number of amides is 20. The maximum atomic E-state index is 14.6. The van der Waals surface area contributed by atoms with Gasteiger partial charge in [0.05, 0.1) is 39.3 Å². The molecule has 12 aliphatic rings. The lowest BCUT2D eigenvalue weighted by atomic mass is 10.0. The van der Waals surface area contributed by atoms with Crippen molar-refractivity contribution >= 4 is 118 Å². The molecular weight excluding hydrogens is 1680 g/mol. The van der Waals surface area contributed by atoms with Gasteiger partial charge in [-0.25, -0.2) is 0 Å². The van der Waals surface area contributed by atoms with Gasteiger partial charge in [0, 0.05) is 128 Å². The molecule has 46 nitrogen and oxygen atoms in total. The summed E-state index contributed by atoms with van der Waals surface area (Å²) in [7, 11) is 0. The van der Waals surface area contributed by atoms with E-state index in [0.29, 0.717) is 44.9 Å². The Balaban J connectivity index is 0.544. The van der Waals surface area contributed by atoms with E-state index >= 15 is 0 Å². The van der Waals surface area contributed by atoms with Crippen molar-refractivity contribution in [3.05, 3.63) is 35.9 Å². The molecule has 0 aliphatic carbocycles. The number of hydrogen-bond donors (Lipinski definition) is 14. The zero-order valence-electron chi connectivity index (χ0n) is 72.6. The second-order valence-corrected chi connectivity index (χ2v) is 36.1. The number of nitrogens with zero attached hydrogens (tertiary/aromatic N) is 12. The topological polar surface area (TPSA) is 647 Å². The van der Waals surface area contributed by atoms with Crippen molar-refractivity contribution in [3.8, 4) is 0 Å². The molecule has 12 fully saturated rings. The molecule has 12 heterocycles. The molecule has 12 aliphatic heterocycles. The van der Waals surface area contributed by atoms with E-state index in [2.05, 4.69) is 37.2 Å². The average molecular weight is 1800 g/mol. The molecule has 0 saturated carbocycles. The van der Waals surface area contributed by atoms with Crippen molar-refractivity contribution in [2.45, 2.75) is 244 Å². The summed E-state index contributed by atoms with van der Waals surface area (Å²) >= 11 is 0. The number of carbonyl (C=O) groups is 20.